The predicted molar refractivity (Wildman–Crippen MR) is 75.9 cm³/mol. The van der Waals surface area contributed by atoms with Crippen molar-refractivity contribution in [3.8, 4) is 0 Å². The summed E-state index contributed by atoms with van der Waals surface area (Å²) in [5, 5.41) is 0. The highest BCUT2D eigenvalue weighted by atomic mass is 16.3. The zero-order valence-electron chi connectivity index (χ0n) is 11.4. The van der Waals surface area contributed by atoms with Gasteiger partial charge < -0.3 is 4.42 Å². The standard InChI is InChI=1S/C17H22O/c1-3-4-6-11-17-13-16(14(2)18-17)12-15-9-7-5-8-10-15/h5,7-10,13H,3-4,6,11-12H2,1-2H3. The van der Waals surface area contributed by atoms with Crippen molar-refractivity contribution in [3.63, 3.8) is 0 Å². The molecule has 1 aromatic heterocycles. The first kappa shape index (κ1) is 12.9. The molecule has 1 heterocycles. The molecule has 0 aliphatic rings. The largest absolute Gasteiger partial charge is 0.466 e. The summed E-state index contributed by atoms with van der Waals surface area (Å²) >= 11 is 0. The van der Waals surface area contributed by atoms with Gasteiger partial charge in [0.25, 0.3) is 0 Å². The lowest BCUT2D eigenvalue weighted by Gasteiger charge is -1.98. The van der Waals surface area contributed by atoms with Crippen LogP contribution in [0.3, 0.4) is 0 Å². The first-order chi connectivity index (χ1) is 8.79. The van der Waals surface area contributed by atoms with E-state index in [4.69, 9.17) is 4.42 Å². The highest BCUT2D eigenvalue weighted by Crippen LogP contribution is 2.20. The topological polar surface area (TPSA) is 13.1 Å². The van der Waals surface area contributed by atoms with E-state index in [0.717, 1.165) is 24.4 Å². The minimum absolute atomic E-state index is 0.976. The average Bonchev–Trinajstić information content (AvgIpc) is 2.72. The van der Waals surface area contributed by atoms with Crippen molar-refractivity contribution in [3.05, 3.63) is 59.0 Å². The van der Waals surface area contributed by atoms with Crippen LogP contribution in [0.4, 0.5) is 0 Å². The minimum atomic E-state index is 0.976. The molecule has 1 heteroatoms. The van der Waals surface area contributed by atoms with Crippen molar-refractivity contribution in [2.45, 2.75) is 46.0 Å². The van der Waals surface area contributed by atoms with Gasteiger partial charge in [-0.05, 0) is 30.5 Å². The molecule has 1 aromatic carbocycles. The van der Waals surface area contributed by atoms with Crippen LogP contribution in [0.2, 0.25) is 0 Å². The van der Waals surface area contributed by atoms with Crippen LogP contribution in [-0.2, 0) is 12.8 Å². The Labute approximate surface area is 110 Å². The average molecular weight is 242 g/mol. The van der Waals surface area contributed by atoms with Gasteiger partial charge in [0, 0.05) is 12.8 Å². The minimum Gasteiger partial charge on any atom is -0.466 e. The zero-order valence-corrected chi connectivity index (χ0v) is 11.4. The van der Waals surface area contributed by atoms with Crippen LogP contribution in [0.1, 0.15) is 48.8 Å². The highest BCUT2D eigenvalue weighted by molar-refractivity contribution is 5.29. The van der Waals surface area contributed by atoms with Gasteiger partial charge in [-0.15, -0.1) is 0 Å². The van der Waals surface area contributed by atoms with E-state index in [1.165, 1.54) is 30.4 Å². The van der Waals surface area contributed by atoms with E-state index in [0.29, 0.717) is 0 Å². The molecule has 0 amide bonds. The molecule has 0 aliphatic heterocycles. The van der Waals surface area contributed by atoms with Gasteiger partial charge >= 0.3 is 0 Å². The van der Waals surface area contributed by atoms with Gasteiger partial charge in [0.2, 0.25) is 0 Å². The Morgan fingerprint density at radius 3 is 2.56 bits per heavy atom. The van der Waals surface area contributed by atoms with Gasteiger partial charge in [0.15, 0.2) is 0 Å². The molecule has 1 nitrogen and oxygen atoms in total. The summed E-state index contributed by atoms with van der Waals surface area (Å²) in [6, 6.07) is 12.8. The maximum absolute atomic E-state index is 5.83. The Morgan fingerprint density at radius 2 is 1.83 bits per heavy atom. The van der Waals surface area contributed by atoms with Crippen molar-refractivity contribution in [1.82, 2.24) is 0 Å². The third kappa shape index (κ3) is 3.49. The third-order valence-electron chi connectivity index (χ3n) is 3.34. The molecule has 0 unspecified atom stereocenters. The van der Waals surface area contributed by atoms with Crippen LogP contribution in [0.25, 0.3) is 0 Å². The Kier molecular flexibility index (Phi) is 4.63. The summed E-state index contributed by atoms with van der Waals surface area (Å²) < 4.78 is 5.83. The Bertz CT molecular complexity index is 468. The fraction of sp³-hybridized carbons (Fsp3) is 0.412. The first-order valence-electron chi connectivity index (χ1n) is 6.91. The van der Waals surface area contributed by atoms with Crippen molar-refractivity contribution in [2.24, 2.45) is 0 Å². The molecule has 2 aromatic rings. The maximum Gasteiger partial charge on any atom is 0.104 e. The number of rotatable bonds is 6. The summed E-state index contributed by atoms with van der Waals surface area (Å²) in [6.07, 6.45) is 5.83. The lowest BCUT2D eigenvalue weighted by Crippen LogP contribution is -1.87. The summed E-state index contributed by atoms with van der Waals surface area (Å²) in [5.41, 5.74) is 2.68. The van der Waals surface area contributed by atoms with Gasteiger partial charge in [-0.3, -0.25) is 0 Å². The molecule has 0 atom stereocenters. The van der Waals surface area contributed by atoms with E-state index in [9.17, 15) is 0 Å². The summed E-state index contributed by atoms with van der Waals surface area (Å²) in [4.78, 5) is 0. The molecule has 0 fully saturated rings. The molecule has 0 saturated heterocycles. The van der Waals surface area contributed by atoms with Crippen LogP contribution >= 0.6 is 0 Å². The molecule has 0 aliphatic carbocycles. The summed E-state index contributed by atoms with van der Waals surface area (Å²) in [5.74, 6) is 2.22. The van der Waals surface area contributed by atoms with E-state index in [-0.39, 0.29) is 0 Å². The Balaban J connectivity index is 2.01. The van der Waals surface area contributed by atoms with Crippen LogP contribution < -0.4 is 0 Å². The normalized spacial score (nSPS) is 10.8. The van der Waals surface area contributed by atoms with Crippen LogP contribution in [0.15, 0.2) is 40.8 Å². The van der Waals surface area contributed by atoms with Crippen molar-refractivity contribution < 1.29 is 4.42 Å². The van der Waals surface area contributed by atoms with E-state index in [1.54, 1.807) is 0 Å². The quantitative estimate of drug-likeness (QED) is 0.656. The predicted octanol–water partition coefficient (Wildman–Crippen LogP) is 4.91. The van der Waals surface area contributed by atoms with Gasteiger partial charge in [-0.25, -0.2) is 0 Å². The van der Waals surface area contributed by atoms with Crippen LogP contribution in [0.5, 0.6) is 0 Å². The molecule has 0 N–H and O–H groups in total. The van der Waals surface area contributed by atoms with Gasteiger partial charge in [0.05, 0.1) is 0 Å². The third-order valence-corrected chi connectivity index (χ3v) is 3.34. The number of aryl methyl sites for hydroxylation is 2. The molecule has 2 rings (SSSR count). The van der Waals surface area contributed by atoms with Crippen molar-refractivity contribution >= 4 is 0 Å². The van der Waals surface area contributed by atoms with E-state index in [1.807, 2.05) is 0 Å². The zero-order chi connectivity index (χ0) is 12.8. The molecule has 96 valence electrons. The SMILES string of the molecule is CCCCCc1cc(Cc2ccccc2)c(C)o1. The van der Waals surface area contributed by atoms with Crippen LogP contribution in [-0.4, -0.2) is 0 Å². The number of benzene rings is 1. The molecule has 0 bridgehead atoms. The molecular weight excluding hydrogens is 220 g/mol. The first-order valence-corrected chi connectivity index (χ1v) is 6.91. The number of hydrogen-bond donors (Lipinski definition) is 0. The maximum atomic E-state index is 5.83. The van der Waals surface area contributed by atoms with Crippen molar-refractivity contribution in [2.75, 3.05) is 0 Å². The molecule has 0 radical (unpaired) electrons. The van der Waals surface area contributed by atoms with E-state index in [2.05, 4.69) is 50.2 Å². The second kappa shape index (κ2) is 6.44. The Hall–Kier alpha value is -1.50. The number of furan rings is 1. The lowest BCUT2D eigenvalue weighted by atomic mass is 10.1. The van der Waals surface area contributed by atoms with E-state index < -0.39 is 0 Å². The van der Waals surface area contributed by atoms with Gasteiger partial charge in [-0.1, -0.05) is 50.1 Å². The summed E-state index contributed by atoms with van der Waals surface area (Å²) in [7, 11) is 0. The van der Waals surface area contributed by atoms with E-state index >= 15 is 0 Å². The Morgan fingerprint density at radius 1 is 1.06 bits per heavy atom. The number of unbranched alkanes of at least 4 members (excludes halogenated alkanes) is 2. The number of hydrogen-bond acceptors (Lipinski definition) is 1. The van der Waals surface area contributed by atoms with Crippen molar-refractivity contribution in [1.29, 1.82) is 0 Å². The molecule has 0 spiro atoms. The lowest BCUT2D eigenvalue weighted by molar-refractivity contribution is 0.471. The van der Waals surface area contributed by atoms with Gasteiger partial charge in [-0.2, -0.15) is 0 Å². The highest BCUT2D eigenvalue weighted by Gasteiger charge is 2.07. The second-order valence-electron chi connectivity index (χ2n) is 4.91. The summed E-state index contributed by atoms with van der Waals surface area (Å²) in [6.45, 7) is 4.30. The fourth-order valence-electron chi connectivity index (χ4n) is 2.25. The van der Waals surface area contributed by atoms with Crippen LogP contribution in [0, 0.1) is 6.92 Å². The molecule has 0 saturated carbocycles. The fourth-order valence-corrected chi connectivity index (χ4v) is 2.25. The second-order valence-corrected chi connectivity index (χ2v) is 4.91. The smallest absolute Gasteiger partial charge is 0.104 e. The molecular formula is C17H22O. The van der Waals surface area contributed by atoms with Gasteiger partial charge in [0.1, 0.15) is 11.5 Å². The monoisotopic (exact) mass is 242 g/mol. The molecule has 18 heavy (non-hydrogen) atoms.